The summed E-state index contributed by atoms with van der Waals surface area (Å²) in [6.07, 6.45) is 17.9. The van der Waals surface area contributed by atoms with E-state index in [2.05, 4.69) is 62.2 Å². The van der Waals surface area contributed by atoms with Gasteiger partial charge >= 0.3 is 0 Å². The number of pyridine rings is 1. The van der Waals surface area contributed by atoms with Crippen LogP contribution in [0.2, 0.25) is 0 Å². The van der Waals surface area contributed by atoms with Gasteiger partial charge in [-0.3, -0.25) is 4.98 Å². The number of nitrogens with zero attached hydrogens (tertiary/aromatic N) is 2. The van der Waals surface area contributed by atoms with Gasteiger partial charge in [-0.25, -0.2) is 0 Å². The Morgan fingerprint density at radius 3 is 2.06 bits per heavy atom. The van der Waals surface area contributed by atoms with Crippen molar-refractivity contribution < 1.29 is 18.6 Å². The maximum absolute atomic E-state index is 4.82. The molecule has 1 aromatic heterocycles. The van der Waals surface area contributed by atoms with Crippen molar-refractivity contribution >= 4 is 5.57 Å². The summed E-state index contributed by atoms with van der Waals surface area (Å²) in [5.74, 6) is 0. The molecule has 2 aliphatic carbocycles. The van der Waals surface area contributed by atoms with Gasteiger partial charge in [0.1, 0.15) is 0 Å². The van der Waals surface area contributed by atoms with E-state index >= 15 is 0 Å². The molecule has 1 aromatic rings. The quantitative estimate of drug-likeness (QED) is 0.362. The first-order chi connectivity index (χ1) is 15.7. The molecule has 2 nitrogen and oxygen atoms in total. The summed E-state index contributed by atoms with van der Waals surface area (Å²) in [5.41, 5.74) is 8.73. The summed E-state index contributed by atoms with van der Waals surface area (Å²) in [6, 6.07) is 4.35. The Balaban J connectivity index is 0. The van der Waals surface area contributed by atoms with Crippen molar-refractivity contribution in [2.45, 2.75) is 93.9 Å². The van der Waals surface area contributed by atoms with Crippen molar-refractivity contribution in [2.24, 2.45) is 0 Å². The molecule has 0 spiro atoms. The average Bonchev–Trinajstić information content (AvgIpc) is 3.17. The zero-order chi connectivity index (χ0) is 24.4. The van der Waals surface area contributed by atoms with Crippen LogP contribution in [0.15, 0.2) is 59.4 Å². The van der Waals surface area contributed by atoms with Gasteiger partial charge in [0.05, 0.1) is 5.69 Å². The molecule has 33 heavy (non-hydrogen) atoms. The van der Waals surface area contributed by atoms with Crippen molar-refractivity contribution in [3.63, 3.8) is 0 Å². The summed E-state index contributed by atoms with van der Waals surface area (Å²) < 4.78 is 0. The van der Waals surface area contributed by atoms with E-state index in [-0.39, 0.29) is 18.6 Å². The second-order valence-electron chi connectivity index (χ2n) is 7.51. The van der Waals surface area contributed by atoms with E-state index < -0.39 is 0 Å². The minimum Gasteiger partial charge on any atom is -0.306 e. The molecule has 0 N–H and O–H groups in total. The Bertz CT molecular complexity index is 746. The standard InChI is InChI=1S/C21H24N2.C3H8.3C2H6.V/c1-23-14-11-17(12-15-23)20-19-8-4-2-3-6-16(19)9-10-18-7-5-13-22-21(18)20;1-3-2;3*1-2;/h2-5,7-8,13H,6,9-12,14-15H2,1H3;3H2,1-2H3;3*1-2H3;. The number of likely N-dealkylation sites (tertiary alicyclic amines) is 1. The number of piperidine rings is 1. The van der Waals surface area contributed by atoms with E-state index in [1.54, 1.807) is 11.1 Å². The minimum absolute atomic E-state index is 0. The predicted octanol–water partition coefficient (Wildman–Crippen LogP) is 8.81. The van der Waals surface area contributed by atoms with Gasteiger partial charge in [-0.1, -0.05) is 103 Å². The van der Waals surface area contributed by atoms with E-state index in [0.717, 1.165) is 32.4 Å². The van der Waals surface area contributed by atoms with Crippen LogP contribution in [0.25, 0.3) is 5.57 Å². The second-order valence-corrected chi connectivity index (χ2v) is 7.51. The number of fused-ring (bicyclic) bond motifs is 1. The first-order valence-electron chi connectivity index (χ1n) is 13.1. The van der Waals surface area contributed by atoms with E-state index in [0.29, 0.717) is 0 Å². The normalized spacial score (nSPS) is 16.3. The molecule has 1 fully saturated rings. The Morgan fingerprint density at radius 1 is 0.848 bits per heavy atom. The van der Waals surface area contributed by atoms with Crippen LogP contribution in [0.3, 0.4) is 0 Å². The topological polar surface area (TPSA) is 16.1 Å². The van der Waals surface area contributed by atoms with E-state index in [4.69, 9.17) is 4.98 Å². The van der Waals surface area contributed by atoms with Crippen molar-refractivity contribution in [1.82, 2.24) is 9.88 Å². The summed E-state index contributed by atoms with van der Waals surface area (Å²) in [7, 11) is 2.22. The van der Waals surface area contributed by atoms with Crippen LogP contribution in [0, 0.1) is 0 Å². The Morgan fingerprint density at radius 2 is 1.45 bits per heavy atom. The molecule has 1 aliphatic heterocycles. The first kappa shape index (κ1) is 33.8. The molecule has 1 radical (unpaired) electrons. The van der Waals surface area contributed by atoms with Gasteiger partial charge < -0.3 is 4.90 Å². The maximum atomic E-state index is 4.82. The Hall–Kier alpha value is -1.35. The summed E-state index contributed by atoms with van der Waals surface area (Å²) >= 11 is 0. The van der Waals surface area contributed by atoms with E-state index in [1.807, 2.05) is 47.7 Å². The van der Waals surface area contributed by atoms with Gasteiger partial charge in [0, 0.05) is 43.4 Å². The molecule has 0 atom stereocenters. The van der Waals surface area contributed by atoms with Crippen molar-refractivity contribution in [1.29, 1.82) is 0 Å². The molecule has 0 aromatic carbocycles. The molecule has 3 heteroatoms. The number of allylic oxidation sites excluding steroid dienone is 7. The Kier molecular flexibility index (Phi) is 21.7. The average molecular weight is 490 g/mol. The number of hydrogen-bond donors (Lipinski definition) is 0. The number of aryl methyl sites for hydroxylation is 1. The minimum atomic E-state index is 0. The Labute approximate surface area is 218 Å². The number of rotatable bonds is 0. The SMILES string of the molecule is CC.CC.CC.CCC.CN1CCC(=C2C3=C(CC=CC=C3)CCc3cccnc32)CC1.[V]. The first-order valence-corrected chi connectivity index (χ1v) is 13.1. The van der Waals surface area contributed by atoms with Gasteiger partial charge in [-0.05, 0) is 56.4 Å². The number of aromatic nitrogens is 1. The predicted molar refractivity (Wildman–Crippen MR) is 146 cm³/mol. The molecule has 0 unspecified atom stereocenters. The van der Waals surface area contributed by atoms with Crippen LogP contribution in [0.5, 0.6) is 0 Å². The molecular weight excluding hydrogens is 439 g/mol. The maximum Gasteiger partial charge on any atom is 0.0739 e. The zero-order valence-corrected chi connectivity index (χ0v) is 24.4. The molecule has 2 heterocycles. The van der Waals surface area contributed by atoms with Crippen molar-refractivity contribution in [2.75, 3.05) is 20.1 Å². The molecule has 1 saturated heterocycles. The second kappa shape index (κ2) is 21.2. The summed E-state index contributed by atoms with van der Waals surface area (Å²) in [6.45, 7) is 18.6. The van der Waals surface area contributed by atoms with Crippen LogP contribution in [-0.4, -0.2) is 30.0 Å². The smallest absolute Gasteiger partial charge is 0.0739 e. The van der Waals surface area contributed by atoms with Crippen LogP contribution in [0.1, 0.15) is 98.8 Å². The molecule has 185 valence electrons. The molecule has 3 aliphatic rings. The van der Waals surface area contributed by atoms with Gasteiger partial charge in [0.25, 0.3) is 0 Å². The van der Waals surface area contributed by atoms with Crippen LogP contribution in [0.4, 0.5) is 0 Å². The van der Waals surface area contributed by atoms with E-state index in [9.17, 15) is 0 Å². The van der Waals surface area contributed by atoms with Crippen LogP contribution < -0.4 is 0 Å². The van der Waals surface area contributed by atoms with Gasteiger partial charge in [-0.15, -0.1) is 0 Å². The molecule has 0 saturated carbocycles. The van der Waals surface area contributed by atoms with Crippen molar-refractivity contribution in [3.8, 4) is 0 Å². The van der Waals surface area contributed by atoms with Gasteiger partial charge in [0.2, 0.25) is 0 Å². The van der Waals surface area contributed by atoms with Crippen molar-refractivity contribution in [3.05, 3.63) is 70.6 Å². The fourth-order valence-corrected chi connectivity index (χ4v) is 3.94. The third-order valence-corrected chi connectivity index (χ3v) is 5.29. The largest absolute Gasteiger partial charge is 0.306 e. The fourth-order valence-electron chi connectivity index (χ4n) is 3.94. The summed E-state index contributed by atoms with van der Waals surface area (Å²) in [4.78, 5) is 7.25. The monoisotopic (exact) mass is 489 g/mol. The van der Waals surface area contributed by atoms with E-state index in [1.165, 1.54) is 41.7 Å². The molecule has 4 rings (SSSR count). The number of hydrogen-bond acceptors (Lipinski definition) is 2. The fraction of sp³-hybridized carbons (Fsp3) is 0.567. The zero-order valence-electron chi connectivity index (χ0n) is 23.0. The third-order valence-electron chi connectivity index (χ3n) is 5.29. The van der Waals surface area contributed by atoms with Gasteiger partial charge in [-0.2, -0.15) is 0 Å². The van der Waals surface area contributed by atoms with Crippen LogP contribution >= 0.6 is 0 Å². The molecule has 0 amide bonds. The summed E-state index contributed by atoms with van der Waals surface area (Å²) in [5, 5.41) is 0. The van der Waals surface area contributed by atoms with Crippen LogP contribution in [-0.2, 0) is 25.0 Å². The molecular formula is C30H50N2V. The molecule has 0 bridgehead atoms. The van der Waals surface area contributed by atoms with Gasteiger partial charge in [0.15, 0.2) is 0 Å². The third kappa shape index (κ3) is 10.6.